The van der Waals surface area contributed by atoms with Crippen LogP contribution in [0.4, 0.5) is 11.4 Å². The van der Waals surface area contributed by atoms with Gasteiger partial charge in [-0.3, -0.25) is 14.6 Å². The zero-order valence-corrected chi connectivity index (χ0v) is 17.8. The van der Waals surface area contributed by atoms with E-state index >= 15 is 0 Å². The molecule has 8 heteroatoms. The molecule has 2 aliphatic heterocycles. The molecule has 2 aliphatic rings. The first-order valence-corrected chi connectivity index (χ1v) is 10.6. The summed E-state index contributed by atoms with van der Waals surface area (Å²) >= 11 is 1.22. The molecule has 0 unspecified atom stereocenters. The van der Waals surface area contributed by atoms with Crippen LogP contribution < -0.4 is 10.1 Å². The van der Waals surface area contributed by atoms with Gasteiger partial charge in [0.25, 0.3) is 5.91 Å². The minimum atomic E-state index is -0.445. The average molecular weight is 423 g/mol. The predicted octanol–water partition coefficient (Wildman–Crippen LogP) is 3.68. The fourth-order valence-corrected chi connectivity index (χ4v) is 4.17. The third-order valence-corrected chi connectivity index (χ3v) is 5.78. The Labute approximate surface area is 179 Å². The summed E-state index contributed by atoms with van der Waals surface area (Å²) in [7, 11) is 1.55. The molecular weight excluding hydrogens is 400 g/mol. The van der Waals surface area contributed by atoms with Gasteiger partial charge < -0.3 is 10.1 Å². The van der Waals surface area contributed by atoms with Crippen LogP contribution in [0.2, 0.25) is 0 Å². The molecule has 0 radical (unpaired) electrons. The largest absolute Gasteiger partial charge is 0.495 e. The second-order valence-electron chi connectivity index (χ2n) is 7.26. The Balaban J connectivity index is 1.55. The molecule has 0 fully saturated rings. The number of para-hydroxylation sites is 3. The molecular formula is C22H22N4O3S. The molecule has 0 aliphatic carbocycles. The number of ether oxygens (including phenoxy) is 1. The molecule has 2 aromatic rings. The number of aliphatic imine (C=N–C) groups is 2. The van der Waals surface area contributed by atoms with E-state index < -0.39 is 6.04 Å². The molecule has 154 valence electrons. The standard InChI is InChI=1S/C22H22N4O3S/c1-13(2)19-21(28)26-20(25-19)14-8-4-5-9-15(14)24-22(26)30-12-18(27)23-16-10-6-7-11-17(16)29-3/h4-11,13,19H,12H2,1-3H3,(H,23,27)/t19-/m0/s1. The van der Waals surface area contributed by atoms with E-state index in [9.17, 15) is 9.59 Å². The summed E-state index contributed by atoms with van der Waals surface area (Å²) in [5, 5.41) is 3.31. The van der Waals surface area contributed by atoms with E-state index in [0.29, 0.717) is 22.4 Å². The van der Waals surface area contributed by atoms with Crippen molar-refractivity contribution < 1.29 is 14.3 Å². The molecule has 0 saturated heterocycles. The number of carbonyl (C=O) groups is 2. The number of fused-ring (bicyclic) bond motifs is 3. The van der Waals surface area contributed by atoms with E-state index in [-0.39, 0.29) is 23.5 Å². The normalized spacial score (nSPS) is 17.3. The van der Waals surface area contributed by atoms with Crippen molar-refractivity contribution in [2.75, 3.05) is 18.2 Å². The molecule has 2 amide bonds. The highest BCUT2D eigenvalue weighted by Gasteiger charge is 2.42. The molecule has 4 rings (SSSR count). The van der Waals surface area contributed by atoms with Crippen molar-refractivity contribution in [2.45, 2.75) is 19.9 Å². The van der Waals surface area contributed by atoms with Crippen LogP contribution in [0.25, 0.3) is 0 Å². The lowest BCUT2D eigenvalue weighted by Gasteiger charge is -2.25. The van der Waals surface area contributed by atoms with Crippen LogP contribution in [0.5, 0.6) is 5.75 Å². The minimum absolute atomic E-state index is 0.0721. The van der Waals surface area contributed by atoms with Gasteiger partial charge in [0.15, 0.2) is 5.17 Å². The molecule has 1 N–H and O–H groups in total. The SMILES string of the molecule is COc1ccccc1NC(=O)CSC1=Nc2ccccc2C2=N[C@@H](C(C)C)C(=O)N12. The number of rotatable bonds is 5. The van der Waals surface area contributed by atoms with E-state index in [1.165, 1.54) is 11.8 Å². The number of hydrogen-bond donors (Lipinski definition) is 1. The van der Waals surface area contributed by atoms with Crippen molar-refractivity contribution in [3.05, 3.63) is 54.1 Å². The van der Waals surface area contributed by atoms with Crippen molar-refractivity contribution in [3.8, 4) is 5.75 Å². The lowest BCUT2D eigenvalue weighted by molar-refractivity contribution is -0.125. The number of amidine groups is 2. The van der Waals surface area contributed by atoms with Crippen LogP contribution in [0.1, 0.15) is 19.4 Å². The second kappa shape index (κ2) is 8.31. The molecule has 0 aromatic heterocycles. The molecule has 2 heterocycles. The number of anilines is 1. The molecule has 2 aromatic carbocycles. The summed E-state index contributed by atoms with van der Waals surface area (Å²) in [6.45, 7) is 3.95. The van der Waals surface area contributed by atoms with Gasteiger partial charge in [0.2, 0.25) is 5.91 Å². The number of nitrogens with one attached hydrogen (secondary N) is 1. The smallest absolute Gasteiger partial charge is 0.259 e. The minimum Gasteiger partial charge on any atom is -0.495 e. The van der Waals surface area contributed by atoms with Crippen LogP contribution in [0.15, 0.2) is 58.5 Å². The molecule has 1 atom stereocenters. The van der Waals surface area contributed by atoms with E-state index in [1.54, 1.807) is 24.1 Å². The fourth-order valence-electron chi connectivity index (χ4n) is 3.36. The lowest BCUT2D eigenvalue weighted by Crippen LogP contribution is -2.42. The van der Waals surface area contributed by atoms with Gasteiger partial charge in [-0.2, -0.15) is 0 Å². The van der Waals surface area contributed by atoms with Gasteiger partial charge in [0, 0.05) is 5.56 Å². The first-order valence-electron chi connectivity index (χ1n) is 9.65. The summed E-state index contributed by atoms with van der Waals surface area (Å²) in [4.78, 5) is 36.4. The lowest BCUT2D eigenvalue weighted by atomic mass is 10.1. The topological polar surface area (TPSA) is 83.4 Å². The van der Waals surface area contributed by atoms with E-state index in [4.69, 9.17) is 4.74 Å². The van der Waals surface area contributed by atoms with Gasteiger partial charge >= 0.3 is 0 Å². The Morgan fingerprint density at radius 1 is 1.20 bits per heavy atom. The number of hydrogen-bond acceptors (Lipinski definition) is 6. The van der Waals surface area contributed by atoms with Crippen LogP contribution in [0, 0.1) is 5.92 Å². The summed E-state index contributed by atoms with van der Waals surface area (Å²) < 4.78 is 5.27. The summed E-state index contributed by atoms with van der Waals surface area (Å²) in [5.74, 6) is 1.05. The zero-order valence-electron chi connectivity index (χ0n) is 17.0. The van der Waals surface area contributed by atoms with Gasteiger partial charge in [-0.25, -0.2) is 9.89 Å². The highest BCUT2D eigenvalue weighted by Crippen LogP contribution is 2.34. The molecule has 0 spiro atoms. The number of nitrogens with zero attached hydrogens (tertiary/aromatic N) is 3. The van der Waals surface area contributed by atoms with Crippen LogP contribution >= 0.6 is 11.8 Å². The van der Waals surface area contributed by atoms with Crippen LogP contribution in [-0.4, -0.2) is 46.6 Å². The second-order valence-corrected chi connectivity index (χ2v) is 8.21. The molecule has 7 nitrogen and oxygen atoms in total. The van der Waals surface area contributed by atoms with Gasteiger partial charge in [-0.15, -0.1) is 0 Å². The van der Waals surface area contributed by atoms with Crippen molar-refractivity contribution >= 4 is 46.0 Å². The number of benzene rings is 2. The average Bonchev–Trinajstić information content (AvgIpc) is 3.10. The summed E-state index contributed by atoms with van der Waals surface area (Å²) in [6.07, 6.45) is 0. The van der Waals surface area contributed by atoms with Gasteiger partial charge in [0.1, 0.15) is 17.6 Å². The van der Waals surface area contributed by atoms with Gasteiger partial charge in [-0.1, -0.05) is 49.9 Å². The van der Waals surface area contributed by atoms with Crippen LogP contribution in [-0.2, 0) is 9.59 Å². The third kappa shape index (κ3) is 3.70. The maximum atomic E-state index is 13.0. The number of methoxy groups -OCH3 is 1. The zero-order chi connectivity index (χ0) is 21.3. The maximum Gasteiger partial charge on any atom is 0.259 e. The highest BCUT2D eigenvalue weighted by molar-refractivity contribution is 8.14. The van der Waals surface area contributed by atoms with Crippen molar-refractivity contribution in [1.82, 2.24) is 4.90 Å². The molecule has 0 bridgehead atoms. The quantitative estimate of drug-likeness (QED) is 0.797. The van der Waals surface area contributed by atoms with Gasteiger partial charge in [0.05, 0.1) is 24.2 Å². The summed E-state index contributed by atoms with van der Waals surface area (Å²) in [6, 6.07) is 14.4. The Kier molecular flexibility index (Phi) is 5.59. The number of thioether (sulfide) groups is 1. The van der Waals surface area contributed by atoms with Crippen molar-refractivity contribution in [1.29, 1.82) is 0 Å². The summed E-state index contributed by atoms with van der Waals surface area (Å²) in [5.41, 5.74) is 2.18. The van der Waals surface area contributed by atoms with Crippen LogP contribution in [0.3, 0.4) is 0 Å². The monoisotopic (exact) mass is 422 g/mol. The number of carbonyl (C=O) groups excluding carboxylic acids is 2. The molecule has 30 heavy (non-hydrogen) atoms. The van der Waals surface area contributed by atoms with Crippen molar-refractivity contribution in [3.63, 3.8) is 0 Å². The first-order chi connectivity index (χ1) is 14.5. The van der Waals surface area contributed by atoms with Crippen molar-refractivity contribution in [2.24, 2.45) is 15.9 Å². The Morgan fingerprint density at radius 2 is 1.93 bits per heavy atom. The number of amides is 2. The van der Waals surface area contributed by atoms with E-state index in [0.717, 1.165) is 11.3 Å². The van der Waals surface area contributed by atoms with E-state index in [2.05, 4.69) is 15.3 Å². The Hall–Kier alpha value is -3.13. The fraction of sp³-hybridized carbons (Fsp3) is 0.273. The Morgan fingerprint density at radius 3 is 2.70 bits per heavy atom. The first kappa shape index (κ1) is 20.2. The third-order valence-electron chi connectivity index (χ3n) is 4.84. The Bertz CT molecular complexity index is 1060. The molecule has 0 saturated carbocycles. The van der Waals surface area contributed by atoms with Gasteiger partial charge in [-0.05, 0) is 30.2 Å². The van der Waals surface area contributed by atoms with E-state index in [1.807, 2.05) is 50.2 Å². The predicted molar refractivity (Wildman–Crippen MR) is 120 cm³/mol. The maximum absolute atomic E-state index is 13.0. The highest BCUT2D eigenvalue weighted by atomic mass is 32.2.